The number of aryl methyl sites for hydroxylation is 3. The van der Waals surface area contributed by atoms with Gasteiger partial charge in [-0.1, -0.05) is 11.6 Å². The minimum absolute atomic E-state index is 0.108. The fourth-order valence-corrected chi connectivity index (χ4v) is 2.07. The maximum Gasteiger partial charge on any atom is 0.244 e. The standard InChI is InChI=1S/C13H18ClN5O/c1-8-5-11(18(4)16-8)6-15-13(20)10(3)19-7-12(14)9(2)17-19/h5,7,10H,6H2,1-4H3,(H,15,20). The van der Waals surface area contributed by atoms with E-state index in [1.165, 1.54) is 0 Å². The summed E-state index contributed by atoms with van der Waals surface area (Å²) in [6.45, 7) is 5.95. The van der Waals surface area contributed by atoms with Crippen LogP contribution in [-0.2, 0) is 18.4 Å². The lowest BCUT2D eigenvalue weighted by atomic mass is 10.3. The SMILES string of the molecule is Cc1cc(CNC(=O)C(C)n2cc(Cl)c(C)n2)n(C)n1. The molecule has 7 heteroatoms. The normalized spacial score (nSPS) is 12.4. The molecule has 0 bridgehead atoms. The number of nitrogens with zero attached hydrogens (tertiary/aromatic N) is 4. The van der Waals surface area contributed by atoms with E-state index in [9.17, 15) is 4.79 Å². The Labute approximate surface area is 122 Å². The summed E-state index contributed by atoms with van der Waals surface area (Å²) in [5.74, 6) is -0.108. The van der Waals surface area contributed by atoms with Gasteiger partial charge in [-0.25, -0.2) is 0 Å². The van der Waals surface area contributed by atoms with E-state index in [4.69, 9.17) is 11.6 Å². The van der Waals surface area contributed by atoms with Crippen LogP contribution in [0.1, 0.15) is 30.0 Å². The van der Waals surface area contributed by atoms with Crippen molar-refractivity contribution >= 4 is 17.5 Å². The maximum absolute atomic E-state index is 12.1. The number of carbonyl (C=O) groups is 1. The highest BCUT2D eigenvalue weighted by molar-refractivity contribution is 6.31. The summed E-state index contributed by atoms with van der Waals surface area (Å²) in [6.07, 6.45) is 1.66. The Bertz CT molecular complexity index is 611. The summed E-state index contributed by atoms with van der Waals surface area (Å²) in [5, 5.41) is 11.9. The number of nitrogens with one attached hydrogen (secondary N) is 1. The van der Waals surface area contributed by atoms with Gasteiger partial charge in [-0.2, -0.15) is 10.2 Å². The summed E-state index contributed by atoms with van der Waals surface area (Å²) in [5.41, 5.74) is 2.60. The monoisotopic (exact) mass is 295 g/mol. The number of amides is 1. The second kappa shape index (κ2) is 5.66. The second-order valence-corrected chi connectivity index (χ2v) is 5.24. The smallest absolute Gasteiger partial charge is 0.244 e. The van der Waals surface area contributed by atoms with Crippen LogP contribution in [0.15, 0.2) is 12.3 Å². The van der Waals surface area contributed by atoms with Crippen molar-refractivity contribution in [3.63, 3.8) is 0 Å². The Kier molecular flexibility index (Phi) is 4.13. The van der Waals surface area contributed by atoms with Crippen LogP contribution in [0.5, 0.6) is 0 Å². The Hall–Kier alpha value is -1.82. The summed E-state index contributed by atoms with van der Waals surface area (Å²) in [6, 6.07) is 1.54. The molecule has 108 valence electrons. The van der Waals surface area contributed by atoms with Crippen LogP contribution in [-0.4, -0.2) is 25.5 Å². The van der Waals surface area contributed by atoms with E-state index in [0.717, 1.165) is 11.4 Å². The van der Waals surface area contributed by atoms with Crippen molar-refractivity contribution in [1.29, 1.82) is 0 Å². The van der Waals surface area contributed by atoms with Crippen molar-refractivity contribution in [1.82, 2.24) is 24.9 Å². The molecule has 1 atom stereocenters. The quantitative estimate of drug-likeness (QED) is 0.935. The van der Waals surface area contributed by atoms with E-state index in [0.29, 0.717) is 17.3 Å². The molecule has 1 unspecified atom stereocenters. The van der Waals surface area contributed by atoms with E-state index in [1.807, 2.05) is 27.0 Å². The van der Waals surface area contributed by atoms with Gasteiger partial charge in [0.2, 0.25) is 5.91 Å². The molecule has 0 radical (unpaired) electrons. The Morgan fingerprint density at radius 3 is 2.65 bits per heavy atom. The molecule has 2 heterocycles. The van der Waals surface area contributed by atoms with E-state index in [1.54, 1.807) is 22.5 Å². The molecule has 0 fully saturated rings. The van der Waals surface area contributed by atoms with Gasteiger partial charge in [-0.05, 0) is 26.8 Å². The molecule has 0 saturated heterocycles. The van der Waals surface area contributed by atoms with Gasteiger partial charge in [-0.15, -0.1) is 0 Å². The van der Waals surface area contributed by atoms with Gasteiger partial charge in [0.15, 0.2) is 0 Å². The average Bonchev–Trinajstić information content (AvgIpc) is 2.88. The first kappa shape index (κ1) is 14.6. The number of hydrogen-bond donors (Lipinski definition) is 1. The topological polar surface area (TPSA) is 64.7 Å². The zero-order valence-corrected chi connectivity index (χ0v) is 12.8. The van der Waals surface area contributed by atoms with Crippen LogP contribution >= 0.6 is 11.6 Å². The zero-order chi connectivity index (χ0) is 14.9. The lowest BCUT2D eigenvalue weighted by Gasteiger charge is -2.12. The third kappa shape index (κ3) is 3.01. The average molecular weight is 296 g/mol. The molecule has 0 aromatic carbocycles. The van der Waals surface area contributed by atoms with Crippen molar-refractivity contribution in [2.75, 3.05) is 0 Å². The molecule has 0 aliphatic heterocycles. The Morgan fingerprint density at radius 1 is 1.45 bits per heavy atom. The summed E-state index contributed by atoms with van der Waals surface area (Å²) in [7, 11) is 1.86. The van der Waals surface area contributed by atoms with Crippen LogP contribution in [0.3, 0.4) is 0 Å². The molecule has 6 nitrogen and oxygen atoms in total. The fraction of sp³-hybridized carbons (Fsp3) is 0.462. The van der Waals surface area contributed by atoms with E-state index >= 15 is 0 Å². The predicted molar refractivity (Wildman–Crippen MR) is 76.5 cm³/mol. The molecule has 0 aliphatic rings. The van der Waals surface area contributed by atoms with Crippen molar-refractivity contribution in [3.8, 4) is 0 Å². The molecule has 20 heavy (non-hydrogen) atoms. The molecule has 2 aromatic heterocycles. The van der Waals surface area contributed by atoms with Crippen LogP contribution in [0, 0.1) is 13.8 Å². The van der Waals surface area contributed by atoms with Gasteiger partial charge in [-0.3, -0.25) is 14.2 Å². The minimum Gasteiger partial charge on any atom is -0.349 e. The lowest BCUT2D eigenvalue weighted by molar-refractivity contribution is -0.124. The third-order valence-corrected chi connectivity index (χ3v) is 3.55. The summed E-state index contributed by atoms with van der Waals surface area (Å²) >= 11 is 5.95. The summed E-state index contributed by atoms with van der Waals surface area (Å²) < 4.78 is 3.33. The largest absolute Gasteiger partial charge is 0.349 e. The Morgan fingerprint density at radius 2 is 2.15 bits per heavy atom. The number of aromatic nitrogens is 4. The van der Waals surface area contributed by atoms with Gasteiger partial charge in [0, 0.05) is 13.2 Å². The first-order chi connectivity index (χ1) is 9.38. The van der Waals surface area contributed by atoms with E-state index in [-0.39, 0.29) is 5.91 Å². The van der Waals surface area contributed by atoms with E-state index < -0.39 is 6.04 Å². The van der Waals surface area contributed by atoms with Crippen molar-refractivity contribution in [3.05, 3.63) is 34.4 Å². The van der Waals surface area contributed by atoms with Crippen LogP contribution in [0.4, 0.5) is 0 Å². The van der Waals surface area contributed by atoms with Crippen molar-refractivity contribution in [2.24, 2.45) is 7.05 Å². The second-order valence-electron chi connectivity index (χ2n) is 4.84. The highest BCUT2D eigenvalue weighted by Gasteiger charge is 2.17. The third-order valence-electron chi connectivity index (χ3n) is 3.18. The van der Waals surface area contributed by atoms with Crippen LogP contribution < -0.4 is 5.32 Å². The van der Waals surface area contributed by atoms with Gasteiger partial charge in [0.05, 0.1) is 28.6 Å². The maximum atomic E-state index is 12.1. The molecule has 0 aliphatic carbocycles. The first-order valence-electron chi connectivity index (χ1n) is 6.37. The number of hydrogen-bond acceptors (Lipinski definition) is 3. The highest BCUT2D eigenvalue weighted by atomic mass is 35.5. The van der Waals surface area contributed by atoms with E-state index in [2.05, 4.69) is 15.5 Å². The van der Waals surface area contributed by atoms with Crippen LogP contribution in [0.2, 0.25) is 5.02 Å². The molecular weight excluding hydrogens is 278 g/mol. The van der Waals surface area contributed by atoms with Gasteiger partial charge in [0.1, 0.15) is 6.04 Å². The number of carbonyl (C=O) groups excluding carboxylic acids is 1. The van der Waals surface area contributed by atoms with Crippen molar-refractivity contribution in [2.45, 2.75) is 33.4 Å². The molecule has 2 aromatic rings. The fourth-order valence-electron chi connectivity index (χ4n) is 1.93. The number of rotatable bonds is 4. The first-order valence-corrected chi connectivity index (χ1v) is 6.74. The summed E-state index contributed by atoms with van der Waals surface area (Å²) in [4.78, 5) is 12.1. The molecular formula is C13H18ClN5O. The molecule has 0 saturated carbocycles. The molecule has 2 rings (SSSR count). The van der Waals surface area contributed by atoms with Gasteiger partial charge < -0.3 is 5.32 Å². The number of halogens is 1. The van der Waals surface area contributed by atoms with Gasteiger partial charge in [0.25, 0.3) is 0 Å². The van der Waals surface area contributed by atoms with Crippen molar-refractivity contribution < 1.29 is 4.79 Å². The molecule has 1 N–H and O–H groups in total. The van der Waals surface area contributed by atoms with Crippen LogP contribution in [0.25, 0.3) is 0 Å². The zero-order valence-electron chi connectivity index (χ0n) is 12.0. The minimum atomic E-state index is -0.407. The predicted octanol–water partition coefficient (Wildman–Crippen LogP) is 1.76. The lowest BCUT2D eigenvalue weighted by Crippen LogP contribution is -2.31. The highest BCUT2D eigenvalue weighted by Crippen LogP contribution is 2.16. The Balaban J connectivity index is 1.99. The molecule has 0 spiro atoms. The molecule has 1 amide bonds. The van der Waals surface area contributed by atoms with Gasteiger partial charge >= 0.3 is 0 Å².